The van der Waals surface area contributed by atoms with Gasteiger partial charge < -0.3 is 10.2 Å². The second kappa shape index (κ2) is 7.05. The number of aryl methyl sites for hydroxylation is 1. The maximum absolute atomic E-state index is 13.6. The summed E-state index contributed by atoms with van der Waals surface area (Å²) >= 11 is 0. The number of nitrogens with zero attached hydrogens (tertiary/aromatic N) is 5. The number of likely N-dealkylation sites (N-methyl/N-ethyl adjacent to an activating group) is 1. The zero-order chi connectivity index (χ0) is 19.9. The molecule has 6 nitrogen and oxygen atoms in total. The van der Waals surface area contributed by atoms with Crippen molar-refractivity contribution in [2.45, 2.75) is 32.0 Å². The van der Waals surface area contributed by atoms with Crippen molar-refractivity contribution in [2.24, 2.45) is 0 Å². The largest absolute Gasteiger partial charge is 0.417 e. The van der Waals surface area contributed by atoms with Crippen LogP contribution in [0.5, 0.6) is 0 Å². The Hall–Kier alpha value is -2.68. The van der Waals surface area contributed by atoms with Crippen molar-refractivity contribution in [1.29, 1.82) is 0 Å². The number of aromatic nitrogens is 4. The molecule has 0 saturated carbocycles. The van der Waals surface area contributed by atoms with Crippen LogP contribution in [0.3, 0.4) is 0 Å². The zero-order valence-corrected chi connectivity index (χ0v) is 15.7. The van der Waals surface area contributed by atoms with Crippen molar-refractivity contribution < 1.29 is 13.2 Å². The first-order valence-electron chi connectivity index (χ1n) is 9.15. The van der Waals surface area contributed by atoms with E-state index in [2.05, 4.69) is 32.4 Å². The van der Waals surface area contributed by atoms with Gasteiger partial charge in [-0.25, -0.2) is 4.98 Å². The second-order valence-corrected chi connectivity index (χ2v) is 7.31. The van der Waals surface area contributed by atoms with Crippen LogP contribution in [0, 0.1) is 6.92 Å². The molecule has 9 heteroatoms. The van der Waals surface area contributed by atoms with Crippen molar-refractivity contribution in [3.8, 4) is 11.3 Å². The molecule has 1 N–H and O–H groups in total. The molecular weight excluding hydrogens is 369 g/mol. The fraction of sp³-hybridized carbons (Fsp3) is 0.421. The smallest absolute Gasteiger partial charge is 0.350 e. The van der Waals surface area contributed by atoms with E-state index in [9.17, 15) is 13.2 Å². The highest BCUT2D eigenvalue weighted by Gasteiger charge is 2.35. The van der Waals surface area contributed by atoms with Gasteiger partial charge in [0.2, 0.25) is 5.95 Å². The monoisotopic (exact) mass is 390 g/mol. The zero-order valence-electron chi connectivity index (χ0n) is 15.7. The quantitative estimate of drug-likeness (QED) is 0.740. The maximum atomic E-state index is 13.6. The lowest BCUT2D eigenvalue weighted by atomic mass is 10.0. The number of halogens is 3. The van der Waals surface area contributed by atoms with Gasteiger partial charge in [-0.15, -0.1) is 10.2 Å². The Balaban J connectivity index is 1.76. The standard InChI is InChI=1S/C19H21F3N6/c1-12-5-6-14(15(8-12)19(20,21)22)17-16-9-23-11-28(16)18(26-25-17)24-13-4-3-7-27(2)10-13/h5-6,8-9,11,13H,3-4,7,10H2,1-2H3,(H,24,26). The molecule has 1 unspecified atom stereocenters. The summed E-state index contributed by atoms with van der Waals surface area (Å²) in [6.45, 7) is 3.56. The summed E-state index contributed by atoms with van der Waals surface area (Å²) in [5.74, 6) is 0.484. The van der Waals surface area contributed by atoms with Crippen LogP contribution in [-0.2, 0) is 6.18 Å². The van der Waals surface area contributed by atoms with Crippen LogP contribution in [0.15, 0.2) is 30.7 Å². The van der Waals surface area contributed by atoms with E-state index in [0.29, 0.717) is 17.0 Å². The molecule has 4 rings (SSSR count). The lowest BCUT2D eigenvalue weighted by Crippen LogP contribution is -2.40. The summed E-state index contributed by atoms with van der Waals surface area (Å²) in [6, 6.07) is 4.42. The Morgan fingerprint density at radius 1 is 1.21 bits per heavy atom. The topological polar surface area (TPSA) is 58.4 Å². The predicted molar refractivity (Wildman–Crippen MR) is 100 cm³/mol. The van der Waals surface area contributed by atoms with Crippen molar-refractivity contribution in [2.75, 3.05) is 25.5 Å². The summed E-state index contributed by atoms with van der Waals surface area (Å²) in [5, 5.41) is 11.7. The number of likely N-dealkylation sites (tertiary alicyclic amines) is 1. The van der Waals surface area contributed by atoms with E-state index in [0.717, 1.165) is 32.0 Å². The normalized spacial score (nSPS) is 18.5. The van der Waals surface area contributed by atoms with E-state index in [1.807, 2.05) is 0 Å². The third-order valence-corrected chi connectivity index (χ3v) is 5.05. The third-order valence-electron chi connectivity index (χ3n) is 5.05. The van der Waals surface area contributed by atoms with Crippen LogP contribution in [0.25, 0.3) is 16.8 Å². The molecule has 1 aliphatic rings. The van der Waals surface area contributed by atoms with Crippen molar-refractivity contribution in [1.82, 2.24) is 24.5 Å². The van der Waals surface area contributed by atoms with Crippen molar-refractivity contribution in [3.63, 3.8) is 0 Å². The van der Waals surface area contributed by atoms with E-state index in [4.69, 9.17) is 0 Å². The first-order valence-corrected chi connectivity index (χ1v) is 9.15. The van der Waals surface area contributed by atoms with Gasteiger partial charge >= 0.3 is 6.18 Å². The molecule has 1 fully saturated rings. The second-order valence-electron chi connectivity index (χ2n) is 7.31. The molecule has 0 aliphatic carbocycles. The van der Waals surface area contributed by atoms with Crippen LogP contribution in [0.1, 0.15) is 24.0 Å². The summed E-state index contributed by atoms with van der Waals surface area (Å²) in [7, 11) is 2.06. The summed E-state index contributed by atoms with van der Waals surface area (Å²) < 4.78 is 42.4. The molecule has 1 saturated heterocycles. The van der Waals surface area contributed by atoms with E-state index in [1.54, 1.807) is 23.7 Å². The van der Waals surface area contributed by atoms with E-state index < -0.39 is 11.7 Å². The van der Waals surface area contributed by atoms with Crippen molar-refractivity contribution in [3.05, 3.63) is 41.9 Å². The Labute approximate surface area is 160 Å². The minimum absolute atomic E-state index is 0.0000460. The Bertz CT molecular complexity index is 997. The van der Waals surface area contributed by atoms with Gasteiger partial charge in [0.25, 0.3) is 0 Å². The highest BCUT2D eigenvalue weighted by molar-refractivity contribution is 5.79. The third kappa shape index (κ3) is 3.54. The first-order chi connectivity index (χ1) is 13.3. The minimum Gasteiger partial charge on any atom is -0.350 e. The van der Waals surface area contributed by atoms with Crippen LogP contribution in [0.4, 0.5) is 19.1 Å². The highest BCUT2D eigenvalue weighted by atomic mass is 19.4. The maximum Gasteiger partial charge on any atom is 0.417 e. The van der Waals surface area contributed by atoms with E-state index in [-0.39, 0.29) is 17.3 Å². The molecule has 0 bridgehead atoms. The Morgan fingerprint density at radius 2 is 2.04 bits per heavy atom. The van der Waals surface area contributed by atoms with Gasteiger partial charge in [-0.3, -0.25) is 4.40 Å². The number of anilines is 1. The van der Waals surface area contributed by atoms with Gasteiger partial charge in [-0.1, -0.05) is 17.7 Å². The van der Waals surface area contributed by atoms with Gasteiger partial charge in [-0.05, 0) is 39.4 Å². The molecule has 3 heterocycles. The Kier molecular flexibility index (Phi) is 4.70. The molecular formula is C19H21F3N6. The number of rotatable bonds is 3. The number of alkyl halides is 3. The molecule has 1 aliphatic heterocycles. The predicted octanol–water partition coefficient (Wildman–Crippen LogP) is 3.62. The molecule has 0 spiro atoms. The molecule has 0 amide bonds. The molecule has 0 radical (unpaired) electrons. The number of imidazole rings is 1. The average Bonchev–Trinajstić information content (AvgIpc) is 3.12. The average molecular weight is 390 g/mol. The molecule has 1 atom stereocenters. The Morgan fingerprint density at radius 3 is 2.79 bits per heavy atom. The SMILES string of the molecule is Cc1ccc(-c2nnc(NC3CCCN(C)C3)n3cncc23)c(C(F)(F)F)c1. The molecule has 2 aromatic heterocycles. The van der Waals surface area contributed by atoms with Crippen LogP contribution >= 0.6 is 0 Å². The highest BCUT2D eigenvalue weighted by Crippen LogP contribution is 2.38. The molecule has 1 aromatic carbocycles. The number of nitrogens with one attached hydrogen (secondary N) is 1. The summed E-state index contributed by atoms with van der Waals surface area (Å²) in [5.41, 5.74) is 0.458. The molecule has 28 heavy (non-hydrogen) atoms. The minimum atomic E-state index is -4.48. The van der Waals surface area contributed by atoms with E-state index in [1.165, 1.54) is 12.3 Å². The number of piperidine rings is 1. The van der Waals surface area contributed by atoms with Gasteiger partial charge in [0, 0.05) is 18.2 Å². The lowest BCUT2D eigenvalue weighted by Gasteiger charge is -2.30. The van der Waals surface area contributed by atoms with E-state index >= 15 is 0 Å². The summed E-state index contributed by atoms with van der Waals surface area (Å²) in [6.07, 6.45) is 0.654. The number of hydrogen-bond donors (Lipinski definition) is 1. The fourth-order valence-electron chi connectivity index (χ4n) is 3.69. The summed E-state index contributed by atoms with van der Waals surface area (Å²) in [4.78, 5) is 6.35. The molecule has 148 valence electrons. The van der Waals surface area contributed by atoms with Crippen molar-refractivity contribution >= 4 is 11.5 Å². The van der Waals surface area contributed by atoms with Gasteiger partial charge in [0.1, 0.15) is 12.0 Å². The lowest BCUT2D eigenvalue weighted by molar-refractivity contribution is -0.137. The van der Waals surface area contributed by atoms with Crippen LogP contribution in [0.2, 0.25) is 0 Å². The fourth-order valence-corrected chi connectivity index (χ4v) is 3.69. The first kappa shape index (κ1) is 18.7. The number of benzene rings is 1. The number of hydrogen-bond acceptors (Lipinski definition) is 5. The molecule has 3 aromatic rings. The van der Waals surface area contributed by atoms with Gasteiger partial charge in [0.15, 0.2) is 0 Å². The van der Waals surface area contributed by atoms with Gasteiger partial charge in [0.05, 0.1) is 17.3 Å². The van der Waals surface area contributed by atoms with Crippen LogP contribution in [-0.4, -0.2) is 50.7 Å². The van der Waals surface area contributed by atoms with Crippen LogP contribution < -0.4 is 5.32 Å². The van der Waals surface area contributed by atoms with Gasteiger partial charge in [-0.2, -0.15) is 13.2 Å². The number of fused-ring (bicyclic) bond motifs is 1.